The molecule has 2 aromatic rings. The van der Waals surface area contributed by atoms with E-state index < -0.39 is 0 Å². The van der Waals surface area contributed by atoms with E-state index in [2.05, 4.69) is 15.4 Å². The zero-order valence-electron chi connectivity index (χ0n) is 14.0. The van der Waals surface area contributed by atoms with Gasteiger partial charge in [0.25, 0.3) is 0 Å². The normalized spacial score (nSPS) is 21.5. The number of rotatable bonds is 2. The minimum atomic E-state index is 0.189. The Kier molecular flexibility index (Phi) is 4.00. The van der Waals surface area contributed by atoms with Crippen molar-refractivity contribution < 1.29 is 9.32 Å². The van der Waals surface area contributed by atoms with E-state index in [0.29, 0.717) is 0 Å². The van der Waals surface area contributed by atoms with Gasteiger partial charge in [0.2, 0.25) is 0 Å². The SMILES string of the molecule is Cc1cc(-c2cn[nH]c2C2CCCN(C(=O)N3CCCC3)C2)on1. The second-order valence-corrected chi connectivity index (χ2v) is 6.79. The van der Waals surface area contributed by atoms with Crippen LogP contribution in [0.25, 0.3) is 11.3 Å². The molecule has 0 bridgehead atoms. The van der Waals surface area contributed by atoms with E-state index in [1.54, 1.807) is 6.20 Å². The fourth-order valence-electron chi connectivity index (χ4n) is 3.79. The van der Waals surface area contributed by atoms with E-state index in [1.807, 2.05) is 22.8 Å². The van der Waals surface area contributed by atoms with Crippen molar-refractivity contribution in [3.63, 3.8) is 0 Å². The van der Waals surface area contributed by atoms with Crippen LogP contribution in [0.4, 0.5) is 4.79 Å². The summed E-state index contributed by atoms with van der Waals surface area (Å²) in [5, 5.41) is 11.3. The van der Waals surface area contributed by atoms with Gasteiger partial charge in [-0.2, -0.15) is 5.10 Å². The first-order valence-corrected chi connectivity index (χ1v) is 8.73. The molecule has 0 radical (unpaired) electrons. The van der Waals surface area contributed by atoms with Crippen molar-refractivity contribution in [1.82, 2.24) is 25.2 Å². The van der Waals surface area contributed by atoms with Gasteiger partial charge in [0, 0.05) is 38.2 Å². The van der Waals surface area contributed by atoms with Crippen LogP contribution in [-0.2, 0) is 0 Å². The Bertz CT molecular complexity index is 716. The zero-order valence-corrected chi connectivity index (χ0v) is 14.0. The van der Waals surface area contributed by atoms with Crippen molar-refractivity contribution in [2.45, 2.75) is 38.5 Å². The highest BCUT2D eigenvalue weighted by molar-refractivity contribution is 5.75. The van der Waals surface area contributed by atoms with Gasteiger partial charge in [-0.25, -0.2) is 4.79 Å². The van der Waals surface area contributed by atoms with Crippen LogP contribution in [0, 0.1) is 6.92 Å². The van der Waals surface area contributed by atoms with E-state index in [1.165, 1.54) is 0 Å². The van der Waals surface area contributed by atoms with E-state index >= 15 is 0 Å². The summed E-state index contributed by atoms with van der Waals surface area (Å²) in [5.41, 5.74) is 2.85. The Labute approximate surface area is 141 Å². The van der Waals surface area contributed by atoms with Gasteiger partial charge in [0.05, 0.1) is 23.1 Å². The highest BCUT2D eigenvalue weighted by Crippen LogP contribution is 2.33. The number of piperidine rings is 1. The molecular weight excluding hydrogens is 306 g/mol. The number of carbonyl (C=O) groups excluding carboxylic acids is 1. The molecule has 2 fully saturated rings. The summed E-state index contributed by atoms with van der Waals surface area (Å²) in [6.07, 6.45) is 6.10. The molecule has 128 valence electrons. The molecule has 7 heteroatoms. The van der Waals surface area contributed by atoms with E-state index in [9.17, 15) is 4.79 Å². The Morgan fingerprint density at radius 2 is 2.04 bits per heavy atom. The lowest BCUT2D eigenvalue weighted by atomic mass is 9.92. The Morgan fingerprint density at radius 3 is 2.79 bits per heavy atom. The van der Waals surface area contributed by atoms with Crippen LogP contribution >= 0.6 is 0 Å². The molecule has 1 N–H and O–H groups in total. The van der Waals surface area contributed by atoms with Crippen LogP contribution in [0.3, 0.4) is 0 Å². The fraction of sp³-hybridized carbons (Fsp3) is 0.588. The summed E-state index contributed by atoms with van der Waals surface area (Å²) in [6.45, 7) is 5.28. The number of H-pyrrole nitrogens is 1. The van der Waals surface area contributed by atoms with Crippen molar-refractivity contribution in [1.29, 1.82) is 0 Å². The molecule has 2 aromatic heterocycles. The summed E-state index contributed by atoms with van der Waals surface area (Å²) in [7, 11) is 0. The lowest BCUT2D eigenvalue weighted by molar-refractivity contribution is 0.146. The molecule has 0 aliphatic carbocycles. The van der Waals surface area contributed by atoms with Gasteiger partial charge in [-0.05, 0) is 32.6 Å². The summed E-state index contributed by atoms with van der Waals surface area (Å²) in [5.74, 6) is 0.993. The maximum atomic E-state index is 12.7. The third-order valence-electron chi connectivity index (χ3n) is 5.04. The standard InChI is InChI=1S/C17H23N5O2/c1-12-9-15(24-20-12)14-10-18-19-16(14)13-5-4-8-22(11-13)17(23)21-6-2-3-7-21/h9-10,13H,2-8,11H2,1H3,(H,18,19). The van der Waals surface area contributed by atoms with E-state index in [0.717, 1.165) is 74.6 Å². The lowest BCUT2D eigenvalue weighted by Gasteiger charge is -2.35. The number of nitrogens with one attached hydrogen (secondary N) is 1. The number of aromatic amines is 1. The second-order valence-electron chi connectivity index (χ2n) is 6.79. The molecule has 0 aromatic carbocycles. The molecule has 24 heavy (non-hydrogen) atoms. The number of likely N-dealkylation sites (tertiary alicyclic amines) is 2. The molecule has 7 nitrogen and oxygen atoms in total. The third-order valence-corrected chi connectivity index (χ3v) is 5.04. The van der Waals surface area contributed by atoms with Crippen LogP contribution in [0.1, 0.15) is 43.0 Å². The highest BCUT2D eigenvalue weighted by atomic mass is 16.5. The van der Waals surface area contributed by atoms with Gasteiger partial charge in [-0.3, -0.25) is 5.10 Å². The molecule has 2 aliphatic heterocycles. The molecule has 4 rings (SSSR count). The number of aryl methyl sites for hydroxylation is 1. The van der Waals surface area contributed by atoms with E-state index in [4.69, 9.17) is 4.52 Å². The summed E-state index contributed by atoms with van der Waals surface area (Å²) in [6, 6.07) is 2.11. The van der Waals surface area contributed by atoms with Crippen LogP contribution < -0.4 is 0 Å². The predicted octanol–water partition coefficient (Wildman–Crippen LogP) is 2.77. The minimum Gasteiger partial charge on any atom is -0.356 e. The zero-order chi connectivity index (χ0) is 16.5. The summed E-state index contributed by atoms with van der Waals surface area (Å²) in [4.78, 5) is 16.6. The van der Waals surface area contributed by atoms with Gasteiger partial charge in [0.1, 0.15) is 0 Å². The van der Waals surface area contributed by atoms with Crippen molar-refractivity contribution >= 4 is 6.03 Å². The maximum Gasteiger partial charge on any atom is 0.320 e. The van der Waals surface area contributed by atoms with Crippen LogP contribution in [0.2, 0.25) is 0 Å². The smallest absolute Gasteiger partial charge is 0.320 e. The van der Waals surface area contributed by atoms with Crippen molar-refractivity contribution in [2.75, 3.05) is 26.2 Å². The Balaban J connectivity index is 1.52. The first-order chi connectivity index (χ1) is 11.7. The Morgan fingerprint density at radius 1 is 1.25 bits per heavy atom. The first kappa shape index (κ1) is 15.2. The molecule has 2 saturated heterocycles. The number of amides is 2. The van der Waals surface area contributed by atoms with Crippen molar-refractivity contribution in [3.8, 4) is 11.3 Å². The predicted molar refractivity (Wildman–Crippen MR) is 88.6 cm³/mol. The fourth-order valence-corrected chi connectivity index (χ4v) is 3.79. The van der Waals surface area contributed by atoms with Crippen LogP contribution in [0.5, 0.6) is 0 Å². The molecule has 4 heterocycles. The average Bonchev–Trinajstić information content (AvgIpc) is 3.35. The number of aromatic nitrogens is 3. The average molecular weight is 329 g/mol. The molecular formula is C17H23N5O2. The second kappa shape index (κ2) is 6.30. The van der Waals surface area contributed by atoms with Gasteiger partial charge in [-0.15, -0.1) is 0 Å². The third kappa shape index (κ3) is 2.79. The minimum absolute atomic E-state index is 0.189. The molecule has 2 amide bonds. The monoisotopic (exact) mass is 329 g/mol. The van der Waals surface area contributed by atoms with Gasteiger partial charge >= 0.3 is 6.03 Å². The van der Waals surface area contributed by atoms with Gasteiger partial charge in [-0.1, -0.05) is 5.16 Å². The number of hydrogen-bond acceptors (Lipinski definition) is 4. The number of carbonyl (C=O) groups is 1. The summed E-state index contributed by atoms with van der Waals surface area (Å²) >= 11 is 0. The quantitative estimate of drug-likeness (QED) is 0.919. The van der Waals surface area contributed by atoms with Crippen LogP contribution in [0.15, 0.2) is 16.8 Å². The molecule has 2 aliphatic rings. The first-order valence-electron chi connectivity index (χ1n) is 8.73. The van der Waals surface area contributed by atoms with E-state index in [-0.39, 0.29) is 11.9 Å². The molecule has 1 unspecified atom stereocenters. The topological polar surface area (TPSA) is 78.3 Å². The maximum absolute atomic E-state index is 12.7. The highest BCUT2D eigenvalue weighted by Gasteiger charge is 2.31. The molecule has 1 atom stereocenters. The van der Waals surface area contributed by atoms with Crippen LogP contribution in [-0.4, -0.2) is 57.4 Å². The Hall–Kier alpha value is -2.31. The van der Waals surface area contributed by atoms with Gasteiger partial charge < -0.3 is 14.3 Å². The molecule has 0 saturated carbocycles. The number of nitrogens with zero attached hydrogens (tertiary/aromatic N) is 4. The largest absolute Gasteiger partial charge is 0.356 e. The van der Waals surface area contributed by atoms with Gasteiger partial charge in [0.15, 0.2) is 5.76 Å². The van der Waals surface area contributed by atoms with Crippen molar-refractivity contribution in [3.05, 3.63) is 23.7 Å². The lowest BCUT2D eigenvalue weighted by Crippen LogP contribution is -2.46. The molecule has 0 spiro atoms. The number of hydrogen-bond donors (Lipinski definition) is 1. The number of urea groups is 1. The van der Waals surface area contributed by atoms with Crippen molar-refractivity contribution in [2.24, 2.45) is 0 Å². The summed E-state index contributed by atoms with van der Waals surface area (Å²) < 4.78 is 5.40.